The van der Waals surface area contributed by atoms with Crippen LogP contribution in [0, 0.1) is 6.92 Å². The molecule has 0 aliphatic rings. The minimum Gasteiger partial charge on any atom is -0.328 e. The molecule has 2 N–H and O–H groups in total. The van der Waals surface area contributed by atoms with Crippen LogP contribution in [0.25, 0.3) is 0 Å². The lowest BCUT2D eigenvalue weighted by Crippen LogP contribution is -2.18. The van der Waals surface area contributed by atoms with Gasteiger partial charge in [-0.2, -0.15) is 0 Å². The summed E-state index contributed by atoms with van der Waals surface area (Å²) in [6, 6.07) is 6.22. The van der Waals surface area contributed by atoms with Gasteiger partial charge in [-0.1, -0.05) is 29.8 Å². The van der Waals surface area contributed by atoms with Crippen molar-refractivity contribution < 1.29 is 0 Å². The molecule has 0 amide bonds. The molecule has 0 aliphatic heterocycles. The number of nitrogens with two attached hydrogens (primary N) is 1. The zero-order chi connectivity index (χ0) is 9.14. The van der Waals surface area contributed by atoms with E-state index in [0.29, 0.717) is 0 Å². The summed E-state index contributed by atoms with van der Waals surface area (Å²) in [7, 11) is 0. The van der Waals surface area contributed by atoms with E-state index in [-0.39, 0.29) is 6.04 Å². The first-order chi connectivity index (χ1) is 5.61. The van der Waals surface area contributed by atoms with Crippen molar-refractivity contribution in [2.45, 2.75) is 26.3 Å². The molecule has 0 aromatic heterocycles. The lowest BCUT2D eigenvalue weighted by Gasteiger charge is -2.08. The van der Waals surface area contributed by atoms with E-state index in [1.807, 2.05) is 32.0 Å². The monoisotopic (exact) mass is 183 g/mol. The first-order valence-electron chi connectivity index (χ1n) is 4.11. The first kappa shape index (κ1) is 9.56. The molecular weight excluding hydrogens is 170 g/mol. The Hall–Kier alpha value is -0.530. The minimum absolute atomic E-state index is 0.171. The van der Waals surface area contributed by atoms with Crippen LogP contribution in [-0.4, -0.2) is 6.04 Å². The summed E-state index contributed by atoms with van der Waals surface area (Å²) >= 11 is 6.08. The fourth-order valence-electron chi connectivity index (χ4n) is 1.21. The van der Waals surface area contributed by atoms with Crippen LogP contribution in [-0.2, 0) is 6.42 Å². The third-order valence-electron chi connectivity index (χ3n) is 1.81. The summed E-state index contributed by atoms with van der Waals surface area (Å²) in [5, 5.41) is 0.856. The van der Waals surface area contributed by atoms with Crippen LogP contribution in [0.15, 0.2) is 18.2 Å². The molecule has 0 bridgehead atoms. The van der Waals surface area contributed by atoms with Crippen LogP contribution in [0.3, 0.4) is 0 Å². The van der Waals surface area contributed by atoms with Crippen molar-refractivity contribution in [3.63, 3.8) is 0 Å². The zero-order valence-electron chi connectivity index (χ0n) is 7.47. The average Bonchev–Trinajstić information content (AvgIpc) is 1.98. The molecule has 0 saturated carbocycles. The highest BCUT2D eigenvalue weighted by molar-refractivity contribution is 6.32. The molecule has 1 atom stereocenters. The van der Waals surface area contributed by atoms with Crippen molar-refractivity contribution in [1.29, 1.82) is 0 Å². The fraction of sp³-hybridized carbons (Fsp3) is 0.400. The van der Waals surface area contributed by atoms with Gasteiger partial charge in [0.1, 0.15) is 0 Å². The predicted molar refractivity (Wildman–Crippen MR) is 53.5 cm³/mol. The van der Waals surface area contributed by atoms with Gasteiger partial charge in [0, 0.05) is 11.1 Å². The standard InChI is InChI=1S/C10H14ClN/c1-7-4-3-5-9(10(7)11)6-8(2)12/h3-5,8H,6,12H2,1-2H3/t8-/m0/s1. The third kappa shape index (κ3) is 2.23. The van der Waals surface area contributed by atoms with Crippen molar-refractivity contribution in [2.24, 2.45) is 5.73 Å². The Balaban J connectivity index is 2.92. The van der Waals surface area contributed by atoms with Crippen molar-refractivity contribution in [3.8, 4) is 0 Å². The van der Waals surface area contributed by atoms with Crippen LogP contribution in [0.4, 0.5) is 0 Å². The molecule has 0 spiro atoms. The highest BCUT2D eigenvalue weighted by Crippen LogP contribution is 2.20. The van der Waals surface area contributed by atoms with E-state index in [1.165, 1.54) is 0 Å². The molecule has 0 radical (unpaired) electrons. The molecule has 1 rings (SSSR count). The molecule has 0 heterocycles. The number of hydrogen-bond donors (Lipinski definition) is 1. The quantitative estimate of drug-likeness (QED) is 0.750. The normalized spacial score (nSPS) is 13.0. The highest BCUT2D eigenvalue weighted by Gasteiger charge is 2.04. The molecular formula is C10H14ClN. The van der Waals surface area contributed by atoms with Gasteiger partial charge in [-0.3, -0.25) is 0 Å². The minimum atomic E-state index is 0.171. The number of halogens is 1. The third-order valence-corrected chi connectivity index (χ3v) is 2.35. The molecule has 1 aromatic rings. The van der Waals surface area contributed by atoms with Crippen molar-refractivity contribution >= 4 is 11.6 Å². The van der Waals surface area contributed by atoms with Gasteiger partial charge in [0.2, 0.25) is 0 Å². The smallest absolute Gasteiger partial charge is 0.0467 e. The van der Waals surface area contributed by atoms with Gasteiger partial charge in [-0.25, -0.2) is 0 Å². The second-order valence-electron chi connectivity index (χ2n) is 3.23. The Morgan fingerprint density at radius 2 is 2.17 bits per heavy atom. The van der Waals surface area contributed by atoms with Crippen LogP contribution in [0.1, 0.15) is 18.1 Å². The molecule has 0 fully saturated rings. The maximum absolute atomic E-state index is 6.08. The van der Waals surface area contributed by atoms with E-state index in [4.69, 9.17) is 17.3 Å². The van der Waals surface area contributed by atoms with E-state index in [0.717, 1.165) is 22.6 Å². The van der Waals surface area contributed by atoms with E-state index >= 15 is 0 Å². The Bertz CT molecular complexity index is 269. The fourth-order valence-corrected chi connectivity index (χ4v) is 1.42. The van der Waals surface area contributed by atoms with E-state index < -0.39 is 0 Å². The lowest BCUT2D eigenvalue weighted by molar-refractivity contribution is 0.738. The Labute approximate surface area is 78.5 Å². The van der Waals surface area contributed by atoms with Crippen LogP contribution in [0.5, 0.6) is 0 Å². The topological polar surface area (TPSA) is 26.0 Å². The Morgan fingerprint density at radius 3 is 2.75 bits per heavy atom. The molecule has 0 saturated heterocycles. The zero-order valence-corrected chi connectivity index (χ0v) is 8.23. The summed E-state index contributed by atoms with van der Waals surface area (Å²) in [5.41, 5.74) is 7.95. The molecule has 2 heteroatoms. The van der Waals surface area contributed by atoms with Gasteiger partial charge in [-0.15, -0.1) is 0 Å². The summed E-state index contributed by atoms with van der Waals surface area (Å²) in [4.78, 5) is 0. The molecule has 66 valence electrons. The van der Waals surface area contributed by atoms with Gasteiger partial charge < -0.3 is 5.73 Å². The highest BCUT2D eigenvalue weighted by atomic mass is 35.5. The van der Waals surface area contributed by atoms with Crippen molar-refractivity contribution in [1.82, 2.24) is 0 Å². The number of hydrogen-bond acceptors (Lipinski definition) is 1. The van der Waals surface area contributed by atoms with Crippen molar-refractivity contribution in [3.05, 3.63) is 34.3 Å². The van der Waals surface area contributed by atoms with E-state index in [9.17, 15) is 0 Å². The largest absolute Gasteiger partial charge is 0.328 e. The molecule has 0 aliphatic carbocycles. The van der Waals surface area contributed by atoms with Crippen LogP contribution < -0.4 is 5.73 Å². The Morgan fingerprint density at radius 1 is 1.50 bits per heavy atom. The van der Waals surface area contributed by atoms with Gasteiger partial charge in [0.25, 0.3) is 0 Å². The van der Waals surface area contributed by atoms with Gasteiger partial charge in [0.05, 0.1) is 0 Å². The predicted octanol–water partition coefficient (Wildman–Crippen LogP) is 2.54. The molecule has 1 nitrogen and oxygen atoms in total. The first-order valence-corrected chi connectivity index (χ1v) is 4.48. The number of benzene rings is 1. The number of aryl methyl sites for hydroxylation is 1. The van der Waals surface area contributed by atoms with E-state index in [2.05, 4.69) is 0 Å². The maximum Gasteiger partial charge on any atom is 0.0467 e. The van der Waals surface area contributed by atoms with Crippen molar-refractivity contribution in [2.75, 3.05) is 0 Å². The molecule has 0 unspecified atom stereocenters. The second-order valence-corrected chi connectivity index (χ2v) is 3.61. The SMILES string of the molecule is Cc1cccc(C[C@H](C)N)c1Cl. The van der Waals surface area contributed by atoms with Gasteiger partial charge >= 0.3 is 0 Å². The summed E-state index contributed by atoms with van der Waals surface area (Å²) in [6.07, 6.45) is 0.848. The summed E-state index contributed by atoms with van der Waals surface area (Å²) < 4.78 is 0. The molecule has 12 heavy (non-hydrogen) atoms. The summed E-state index contributed by atoms with van der Waals surface area (Å²) in [6.45, 7) is 3.99. The summed E-state index contributed by atoms with van der Waals surface area (Å²) in [5.74, 6) is 0. The lowest BCUT2D eigenvalue weighted by atomic mass is 10.1. The van der Waals surface area contributed by atoms with Gasteiger partial charge in [-0.05, 0) is 31.4 Å². The van der Waals surface area contributed by atoms with E-state index in [1.54, 1.807) is 0 Å². The van der Waals surface area contributed by atoms with Gasteiger partial charge in [0.15, 0.2) is 0 Å². The maximum atomic E-state index is 6.08. The van der Waals surface area contributed by atoms with Crippen LogP contribution >= 0.6 is 11.6 Å². The number of rotatable bonds is 2. The van der Waals surface area contributed by atoms with Crippen LogP contribution in [0.2, 0.25) is 5.02 Å². The Kier molecular flexibility index (Phi) is 3.12. The average molecular weight is 184 g/mol. The molecule has 1 aromatic carbocycles. The second kappa shape index (κ2) is 3.92.